The van der Waals surface area contributed by atoms with E-state index in [4.69, 9.17) is 0 Å². The molecule has 3 rings (SSSR count). The maximum atomic E-state index is 13.1. The van der Waals surface area contributed by atoms with Crippen molar-refractivity contribution < 1.29 is 14.0 Å². The van der Waals surface area contributed by atoms with E-state index in [0.717, 1.165) is 39.3 Å². The number of rotatable bonds is 2. The fourth-order valence-electron chi connectivity index (χ4n) is 2.61. The van der Waals surface area contributed by atoms with Gasteiger partial charge in [0.2, 0.25) is 0 Å². The van der Waals surface area contributed by atoms with Crippen LogP contribution in [0, 0.1) is 19.7 Å². The number of amides is 2. The Kier molecular flexibility index (Phi) is 3.85. The van der Waals surface area contributed by atoms with Crippen molar-refractivity contribution in [2.45, 2.75) is 13.8 Å². The summed E-state index contributed by atoms with van der Waals surface area (Å²) in [5.74, 6) is -0.570. The third-order valence-corrected chi connectivity index (χ3v) is 4.79. The Morgan fingerprint density at radius 3 is 2.35 bits per heavy atom. The summed E-state index contributed by atoms with van der Waals surface area (Å²) in [7, 11) is 1.47. The van der Waals surface area contributed by atoms with Gasteiger partial charge in [0.25, 0.3) is 11.1 Å². The van der Waals surface area contributed by atoms with Crippen molar-refractivity contribution >= 4 is 29.0 Å². The van der Waals surface area contributed by atoms with E-state index in [-0.39, 0.29) is 17.0 Å². The molecule has 0 aliphatic carbocycles. The number of hydrogen-bond donors (Lipinski definition) is 0. The molecule has 0 spiro atoms. The monoisotopic (exact) mass is 330 g/mol. The van der Waals surface area contributed by atoms with Gasteiger partial charge in [-0.05, 0) is 67.6 Å². The molecule has 0 bridgehead atoms. The third-order valence-electron chi connectivity index (χ3n) is 3.83. The molecule has 2 heterocycles. The van der Waals surface area contributed by atoms with E-state index in [1.54, 1.807) is 18.2 Å². The van der Waals surface area contributed by atoms with Gasteiger partial charge in [-0.25, -0.2) is 4.39 Å². The number of imide groups is 1. The summed E-state index contributed by atoms with van der Waals surface area (Å²) < 4.78 is 15.1. The lowest BCUT2D eigenvalue weighted by Gasteiger charge is -2.09. The van der Waals surface area contributed by atoms with Crippen LogP contribution in [-0.2, 0) is 4.79 Å². The van der Waals surface area contributed by atoms with Crippen molar-refractivity contribution in [3.05, 3.63) is 58.0 Å². The third kappa shape index (κ3) is 2.70. The highest BCUT2D eigenvalue weighted by Crippen LogP contribution is 2.32. The standard InChI is InChI=1S/C17H15FN2O2S/c1-10-8-12(9-15-16(21)19(3)17(22)23-15)11(2)20(10)14-6-4-13(18)5-7-14/h4-9H,1-3H3/b15-9-. The Bertz CT molecular complexity index is 837. The van der Waals surface area contributed by atoms with Crippen LogP contribution in [0.15, 0.2) is 35.2 Å². The lowest BCUT2D eigenvalue weighted by molar-refractivity contribution is -0.121. The van der Waals surface area contributed by atoms with Crippen LogP contribution in [0.1, 0.15) is 17.0 Å². The Hall–Kier alpha value is -2.34. The lowest BCUT2D eigenvalue weighted by Crippen LogP contribution is -2.22. The van der Waals surface area contributed by atoms with Gasteiger partial charge in [0.15, 0.2) is 0 Å². The number of halogens is 1. The fraction of sp³-hybridized carbons (Fsp3) is 0.176. The zero-order valence-electron chi connectivity index (χ0n) is 13.0. The van der Waals surface area contributed by atoms with Crippen molar-refractivity contribution in [3.63, 3.8) is 0 Å². The van der Waals surface area contributed by atoms with Crippen molar-refractivity contribution in [2.24, 2.45) is 0 Å². The minimum absolute atomic E-state index is 0.270. The molecule has 1 aliphatic heterocycles. The highest BCUT2D eigenvalue weighted by Gasteiger charge is 2.32. The molecule has 1 aromatic carbocycles. The van der Waals surface area contributed by atoms with Crippen molar-refractivity contribution in [1.29, 1.82) is 0 Å². The lowest BCUT2D eigenvalue weighted by atomic mass is 10.2. The Balaban J connectivity index is 2.03. The van der Waals surface area contributed by atoms with E-state index >= 15 is 0 Å². The molecule has 23 heavy (non-hydrogen) atoms. The van der Waals surface area contributed by atoms with Crippen LogP contribution >= 0.6 is 11.8 Å². The second-order valence-corrected chi connectivity index (χ2v) is 6.37. The molecule has 2 aromatic rings. The maximum Gasteiger partial charge on any atom is 0.293 e. The largest absolute Gasteiger partial charge is 0.318 e. The van der Waals surface area contributed by atoms with Crippen molar-refractivity contribution in [1.82, 2.24) is 9.47 Å². The smallest absolute Gasteiger partial charge is 0.293 e. The molecule has 0 unspecified atom stereocenters. The highest BCUT2D eigenvalue weighted by atomic mass is 32.2. The number of aryl methyl sites for hydroxylation is 1. The van der Waals surface area contributed by atoms with Crippen LogP contribution in [0.25, 0.3) is 11.8 Å². The van der Waals surface area contributed by atoms with Crippen LogP contribution in [-0.4, -0.2) is 27.7 Å². The number of carbonyl (C=O) groups is 2. The summed E-state index contributed by atoms with van der Waals surface area (Å²) in [5, 5.41) is -0.270. The molecule has 0 N–H and O–H groups in total. The molecular weight excluding hydrogens is 315 g/mol. The summed E-state index contributed by atoms with van der Waals surface area (Å²) >= 11 is 0.938. The molecule has 0 saturated carbocycles. The molecule has 1 aromatic heterocycles. The summed E-state index contributed by atoms with van der Waals surface area (Å²) in [6.45, 7) is 3.87. The average molecular weight is 330 g/mol. The van der Waals surface area contributed by atoms with E-state index in [9.17, 15) is 14.0 Å². The number of benzene rings is 1. The van der Waals surface area contributed by atoms with Gasteiger partial charge in [-0.2, -0.15) is 0 Å². The highest BCUT2D eigenvalue weighted by molar-refractivity contribution is 8.18. The molecule has 0 radical (unpaired) electrons. The molecule has 1 saturated heterocycles. The van der Waals surface area contributed by atoms with Crippen molar-refractivity contribution in [2.75, 3.05) is 7.05 Å². The van der Waals surface area contributed by atoms with Crippen LogP contribution in [0.2, 0.25) is 0 Å². The zero-order valence-corrected chi connectivity index (χ0v) is 13.8. The Morgan fingerprint density at radius 1 is 1.13 bits per heavy atom. The summed E-state index contributed by atoms with van der Waals surface area (Å²) in [6, 6.07) is 8.19. The maximum absolute atomic E-state index is 13.1. The van der Waals surface area contributed by atoms with Gasteiger partial charge >= 0.3 is 0 Å². The zero-order chi connectivity index (χ0) is 16.7. The SMILES string of the molecule is Cc1cc(/C=C2\SC(=O)N(C)C2=O)c(C)n1-c1ccc(F)cc1. The second-order valence-electron chi connectivity index (χ2n) is 5.38. The average Bonchev–Trinajstić information content (AvgIpc) is 2.92. The summed E-state index contributed by atoms with van der Waals surface area (Å²) in [5.41, 5.74) is 3.61. The van der Waals surface area contributed by atoms with E-state index in [1.165, 1.54) is 19.2 Å². The number of likely N-dealkylation sites (N-methyl/N-ethyl adjacent to an activating group) is 1. The fourth-order valence-corrected chi connectivity index (χ4v) is 3.43. The predicted molar refractivity (Wildman–Crippen MR) is 88.9 cm³/mol. The number of aromatic nitrogens is 1. The molecule has 6 heteroatoms. The Labute approximate surface area is 137 Å². The van der Waals surface area contributed by atoms with Gasteiger partial charge in [-0.15, -0.1) is 0 Å². The number of hydrogen-bond acceptors (Lipinski definition) is 3. The first kappa shape index (κ1) is 15.6. The molecule has 2 amide bonds. The normalized spacial score (nSPS) is 16.7. The number of nitrogens with zero attached hydrogens (tertiary/aromatic N) is 2. The Morgan fingerprint density at radius 2 is 1.78 bits per heavy atom. The molecular formula is C17H15FN2O2S. The molecule has 4 nitrogen and oxygen atoms in total. The number of carbonyl (C=O) groups excluding carboxylic acids is 2. The van der Waals surface area contributed by atoms with E-state index in [2.05, 4.69) is 0 Å². The van der Waals surface area contributed by atoms with Crippen LogP contribution < -0.4 is 0 Å². The van der Waals surface area contributed by atoms with Gasteiger partial charge in [0.1, 0.15) is 5.82 Å². The molecule has 0 atom stereocenters. The van der Waals surface area contributed by atoms with E-state index in [1.807, 2.05) is 24.5 Å². The first-order valence-corrected chi connectivity index (χ1v) is 7.86. The summed E-state index contributed by atoms with van der Waals surface area (Å²) in [6.07, 6.45) is 1.73. The minimum Gasteiger partial charge on any atom is -0.318 e. The molecule has 1 fully saturated rings. The quantitative estimate of drug-likeness (QED) is 0.784. The van der Waals surface area contributed by atoms with Gasteiger partial charge < -0.3 is 4.57 Å². The van der Waals surface area contributed by atoms with E-state index < -0.39 is 0 Å². The first-order chi connectivity index (χ1) is 10.9. The topological polar surface area (TPSA) is 42.3 Å². The van der Waals surface area contributed by atoms with Gasteiger partial charge in [-0.3, -0.25) is 14.5 Å². The van der Waals surface area contributed by atoms with Gasteiger partial charge in [0, 0.05) is 24.1 Å². The first-order valence-electron chi connectivity index (χ1n) is 7.05. The van der Waals surface area contributed by atoms with Crippen LogP contribution in [0.5, 0.6) is 0 Å². The van der Waals surface area contributed by atoms with Crippen LogP contribution in [0.3, 0.4) is 0 Å². The van der Waals surface area contributed by atoms with Gasteiger partial charge in [0.05, 0.1) is 4.91 Å². The van der Waals surface area contributed by atoms with Gasteiger partial charge in [-0.1, -0.05) is 0 Å². The summed E-state index contributed by atoms with van der Waals surface area (Å²) in [4.78, 5) is 25.1. The minimum atomic E-state index is -0.286. The molecule has 118 valence electrons. The van der Waals surface area contributed by atoms with E-state index in [0.29, 0.717) is 4.91 Å². The van der Waals surface area contributed by atoms with Crippen molar-refractivity contribution in [3.8, 4) is 5.69 Å². The number of thioether (sulfide) groups is 1. The predicted octanol–water partition coefficient (Wildman–Crippen LogP) is 3.90. The second kappa shape index (κ2) is 5.70. The van der Waals surface area contributed by atoms with Crippen LogP contribution in [0.4, 0.5) is 9.18 Å². The molecule has 1 aliphatic rings.